The first-order valence-electron chi connectivity index (χ1n) is 6.94. The standard InChI is InChI=1S/C16H19NO5/c1-16(2,3)21-14(18)11-7-5-6-10(8-11)12-9-13(22-17-12)15(19)20-4/h5-8,13H,9H2,1-4H3. The molecule has 0 bridgehead atoms. The van der Waals surface area contributed by atoms with Crippen LogP contribution < -0.4 is 0 Å². The highest BCUT2D eigenvalue weighted by Crippen LogP contribution is 2.19. The highest BCUT2D eigenvalue weighted by atomic mass is 16.7. The van der Waals surface area contributed by atoms with Gasteiger partial charge in [-0.3, -0.25) is 0 Å². The van der Waals surface area contributed by atoms with Crippen molar-refractivity contribution in [3.8, 4) is 0 Å². The zero-order valence-corrected chi connectivity index (χ0v) is 13.1. The van der Waals surface area contributed by atoms with Crippen LogP contribution in [0.2, 0.25) is 0 Å². The van der Waals surface area contributed by atoms with E-state index in [-0.39, 0.29) is 0 Å². The molecular formula is C16H19NO5. The molecule has 0 aromatic heterocycles. The van der Waals surface area contributed by atoms with Crippen LogP contribution >= 0.6 is 0 Å². The van der Waals surface area contributed by atoms with Crippen LogP contribution in [0.1, 0.15) is 43.1 Å². The summed E-state index contributed by atoms with van der Waals surface area (Å²) < 4.78 is 9.96. The van der Waals surface area contributed by atoms with Crippen LogP contribution in [0.15, 0.2) is 29.4 Å². The summed E-state index contributed by atoms with van der Waals surface area (Å²) in [4.78, 5) is 28.6. The van der Waals surface area contributed by atoms with Crippen molar-refractivity contribution in [2.24, 2.45) is 5.16 Å². The molecule has 1 aromatic carbocycles. The fourth-order valence-corrected chi connectivity index (χ4v) is 1.97. The summed E-state index contributed by atoms with van der Waals surface area (Å²) >= 11 is 0. The Bertz CT molecular complexity index is 615. The maximum Gasteiger partial charge on any atom is 0.350 e. The van der Waals surface area contributed by atoms with Gasteiger partial charge < -0.3 is 14.3 Å². The van der Waals surface area contributed by atoms with E-state index in [0.29, 0.717) is 17.7 Å². The van der Waals surface area contributed by atoms with E-state index in [1.807, 2.05) is 20.8 Å². The van der Waals surface area contributed by atoms with Crippen molar-refractivity contribution in [3.05, 3.63) is 35.4 Å². The quantitative estimate of drug-likeness (QED) is 0.801. The van der Waals surface area contributed by atoms with Gasteiger partial charge in [-0.15, -0.1) is 0 Å². The molecule has 0 amide bonds. The summed E-state index contributed by atoms with van der Waals surface area (Å²) in [6, 6.07) is 6.89. The number of hydrogen-bond acceptors (Lipinski definition) is 6. The van der Waals surface area contributed by atoms with Gasteiger partial charge in [0, 0.05) is 12.0 Å². The predicted octanol–water partition coefficient (Wildman–Crippen LogP) is 2.31. The Hall–Kier alpha value is -2.37. The molecule has 0 radical (unpaired) electrons. The maximum atomic E-state index is 12.1. The third-order valence-corrected chi connectivity index (χ3v) is 2.96. The van der Waals surface area contributed by atoms with Gasteiger partial charge in [0.1, 0.15) is 5.60 Å². The van der Waals surface area contributed by atoms with Gasteiger partial charge in [-0.1, -0.05) is 17.3 Å². The smallest absolute Gasteiger partial charge is 0.350 e. The summed E-state index contributed by atoms with van der Waals surface area (Å²) in [7, 11) is 1.30. The lowest BCUT2D eigenvalue weighted by Gasteiger charge is -2.19. The molecule has 1 heterocycles. The number of oxime groups is 1. The van der Waals surface area contributed by atoms with E-state index < -0.39 is 23.6 Å². The molecule has 0 aliphatic carbocycles. The van der Waals surface area contributed by atoms with E-state index in [4.69, 9.17) is 9.57 Å². The molecule has 0 saturated heterocycles. The van der Waals surface area contributed by atoms with Crippen molar-refractivity contribution in [2.45, 2.75) is 38.9 Å². The lowest BCUT2D eigenvalue weighted by molar-refractivity contribution is -0.152. The van der Waals surface area contributed by atoms with Crippen molar-refractivity contribution in [3.63, 3.8) is 0 Å². The van der Waals surface area contributed by atoms with Crippen molar-refractivity contribution in [1.29, 1.82) is 0 Å². The topological polar surface area (TPSA) is 74.2 Å². The Labute approximate surface area is 129 Å². The van der Waals surface area contributed by atoms with E-state index in [0.717, 1.165) is 5.56 Å². The SMILES string of the molecule is COC(=O)C1CC(c2cccc(C(=O)OC(C)(C)C)c2)=NO1. The fraction of sp³-hybridized carbons (Fsp3) is 0.438. The minimum absolute atomic E-state index is 0.310. The molecule has 1 aliphatic heterocycles. The van der Waals surface area contributed by atoms with E-state index in [1.165, 1.54) is 7.11 Å². The zero-order chi connectivity index (χ0) is 16.3. The molecule has 22 heavy (non-hydrogen) atoms. The number of methoxy groups -OCH3 is 1. The Balaban J connectivity index is 2.13. The van der Waals surface area contributed by atoms with Gasteiger partial charge in [-0.05, 0) is 32.9 Å². The third-order valence-electron chi connectivity index (χ3n) is 2.96. The Kier molecular flexibility index (Phi) is 4.49. The largest absolute Gasteiger partial charge is 0.466 e. The van der Waals surface area contributed by atoms with Crippen LogP contribution in [-0.2, 0) is 19.1 Å². The van der Waals surface area contributed by atoms with E-state index in [2.05, 4.69) is 9.89 Å². The van der Waals surface area contributed by atoms with Crippen LogP contribution in [-0.4, -0.2) is 36.5 Å². The Morgan fingerprint density at radius 1 is 1.32 bits per heavy atom. The first-order chi connectivity index (χ1) is 10.3. The average Bonchev–Trinajstić information content (AvgIpc) is 2.94. The number of rotatable bonds is 3. The number of hydrogen-bond donors (Lipinski definition) is 0. The van der Waals surface area contributed by atoms with Crippen LogP contribution in [0.4, 0.5) is 0 Å². The average molecular weight is 305 g/mol. The van der Waals surface area contributed by atoms with E-state index in [9.17, 15) is 9.59 Å². The highest BCUT2D eigenvalue weighted by molar-refractivity contribution is 6.05. The number of ether oxygens (including phenoxy) is 2. The summed E-state index contributed by atoms with van der Waals surface area (Å²) in [5.41, 5.74) is 1.18. The van der Waals surface area contributed by atoms with Gasteiger partial charge >= 0.3 is 11.9 Å². The molecule has 0 N–H and O–H groups in total. The second-order valence-electron chi connectivity index (χ2n) is 5.94. The van der Waals surface area contributed by atoms with Crippen molar-refractivity contribution in [2.75, 3.05) is 7.11 Å². The zero-order valence-electron chi connectivity index (χ0n) is 13.1. The molecule has 118 valence electrons. The minimum Gasteiger partial charge on any atom is -0.466 e. The summed E-state index contributed by atoms with van der Waals surface area (Å²) in [6.45, 7) is 5.43. The number of carbonyl (C=O) groups excluding carboxylic acids is 2. The van der Waals surface area contributed by atoms with Crippen LogP contribution in [0.3, 0.4) is 0 Å². The second-order valence-corrected chi connectivity index (χ2v) is 5.94. The summed E-state index contributed by atoms with van der Waals surface area (Å²) in [6.07, 6.45) is -0.421. The fourth-order valence-electron chi connectivity index (χ4n) is 1.97. The van der Waals surface area contributed by atoms with Gasteiger partial charge in [-0.2, -0.15) is 0 Å². The first-order valence-corrected chi connectivity index (χ1v) is 6.94. The lowest BCUT2D eigenvalue weighted by Crippen LogP contribution is -2.24. The highest BCUT2D eigenvalue weighted by Gasteiger charge is 2.30. The first kappa shape index (κ1) is 16.0. The molecule has 2 rings (SSSR count). The van der Waals surface area contributed by atoms with Gasteiger partial charge in [0.15, 0.2) is 0 Å². The lowest BCUT2D eigenvalue weighted by atomic mass is 10.0. The molecule has 1 unspecified atom stereocenters. The van der Waals surface area contributed by atoms with Crippen molar-refractivity contribution < 1.29 is 23.9 Å². The Morgan fingerprint density at radius 3 is 2.68 bits per heavy atom. The van der Waals surface area contributed by atoms with Gasteiger partial charge in [0.05, 0.1) is 18.4 Å². The minimum atomic E-state index is -0.731. The molecule has 1 aliphatic rings. The summed E-state index contributed by atoms with van der Waals surface area (Å²) in [5, 5.41) is 3.90. The molecule has 0 fully saturated rings. The molecule has 0 spiro atoms. The molecule has 1 atom stereocenters. The molecule has 6 heteroatoms. The molecule has 0 saturated carbocycles. The van der Waals surface area contributed by atoms with Gasteiger partial charge in [0.2, 0.25) is 6.10 Å². The predicted molar refractivity (Wildman–Crippen MR) is 79.7 cm³/mol. The van der Waals surface area contributed by atoms with Crippen molar-refractivity contribution in [1.82, 2.24) is 0 Å². The third kappa shape index (κ3) is 3.84. The second kappa shape index (κ2) is 6.17. The molecule has 6 nitrogen and oxygen atoms in total. The monoisotopic (exact) mass is 305 g/mol. The molecule has 1 aromatic rings. The van der Waals surface area contributed by atoms with Crippen LogP contribution in [0.25, 0.3) is 0 Å². The van der Waals surface area contributed by atoms with Gasteiger partial charge in [-0.25, -0.2) is 9.59 Å². The number of nitrogens with zero attached hydrogens (tertiary/aromatic N) is 1. The van der Waals surface area contributed by atoms with Crippen LogP contribution in [0.5, 0.6) is 0 Å². The number of benzene rings is 1. The van der Waals surface area contributed by atoms with E-state index >= 15 is 0 Å². The number of esters is 2. The van der Waals surface area contributed by atoms with Crippen LogP contribution in [0, 0.1) is 0 Å². The summed E-state index contributed by atoms with van der Waals surface area (Å²) in [5.74, 6) is -0.875. The Morgan fingerprint density at radius 2 is 2.05 bits per heavy atom. The molecular weight excluding hydrogens is 286 g/mol. The van der Waals surface area contributed by atoms with Gasteiger partial charge in [0.25, 0.3) is 0 Å². The van der Waals surface area contributed by atoms with Crippen molar-refractivity contribution >= 4 is 17.7 Å². The van der Waals surface area contributed by atoms with E-state index in [1.54, 1.807) is 24.3 Å². The number of carbonyl (C=O) groups is 2. The maximum absolute atomic E-state index is 12.1. The normalized spacial score (nSPS) is 17.5.